The van der Waals surface area contributed by atoms with Crippen molar-refractivity contribution in [3.63, 3.8) is 0 Å². The van der Waals surface area contributed by atoms with Crippen LogP contribution in [0.25, 0.3) is 0 Å². The van der Waals surface area contributed by atoms with E-state index in [1.54, 1.807) is 31.9 Å². The summed E-state index contributed by atoms with van der Waals surface area (Å²) in [6.45, 7) is 2.03. The van der Waals surface area contributed by atoms with E-state index in [-0.39, 0.29) is 11.6 Å². The predicted molar refractivity (Wildman–Crippen MR) is 78.0 cm³/mol. The number of amides is 2. The minimum atomic E-state index is -0.678. The van der Waals surface area contributed by atoms with Gasteiger partial charge in [-0.1, -0.05) is 6.07 Å². The molecule has 2 amide bonds. The van der Waals surface area contributed by atoms with Crippen LogP contribution in [0.3, 0.4) is 0 Å². The fourth-order valence-electron chi connectivity index (χ4n) is 2.13. The van der Waals surface area contributed by atoms with Crippen LogP contribution in [0.4, 0.5) is 13.6 Å². The smallest absolute Gasteiger partial charge is 0.317 e. The third kappa shape index (κ3) is 3.81. The molecule has 0 fully saturated rings. The first-order valence-corrected chi connectivity index (χ1v) is 6.81. The number of benzene rings is 1. The zero-order chi connectivity index (χ0) is 16.3. The van der Waals surface area contributed by atoms with Gasteiger partial charge in [0.05, 0.1) is 18.8 Å². The first kappa shape index (κ1) is 15.9. The minimum Gasteiger partial charge on any atom is -0.331 e. The van der Waals surface area contributed by atoms with E-state index in [0.717, 1.165) is 11.6 Å². The summed E-state index contributed by atoms with van der Waals surface area (Å²) in [5.74, 6) is -1.32. The van der Waals surface area contributed by atoms with Crippen molar-refractivity contribution in [1.82, 2.24) is 20.0 Å². The number of urea groups is 1. The first-order chi connectivity index (χ1) is 10.4. The van der Waals surface area contributed by atoms with Gasteiger partial charge >= 0.3 is 6.03 Å². The summed E-state index contributed by atoms with van der Waals surface area (Å²) >= 11 is 0. The lowest BCUT2D eigenvalue weighted by atomic mass is 10.1. The van der Waals surface area contributed by atoms with Gasteiger partial charge in [-0.3, -0.25) is 4.68 Å². The fourth-order valence-corrected chi connectivity index (χ4v) is 2.13. The Morgan fingerprint density at radius 1 is 1.45 bits per heavy atom. The van der Waals surface area contributed by atoms with Crippen molar-refractivity contribution in [2.45, 2.75) is 19.5 Å². The van der Waals surface area contributed by atoms with Gasteiger partial charge in [-0.2, -0.15) is 5.10 Å². The summed E-state index contributed by atoms with van der Waals surface area (Å²) in [6.07, 6.45) is 3.49. The van der Waals surface area contributed by atoms with Gasteiger partial charge in [0.15, 0.2) is 0 Å². The van der Waals surface area contributed by atoms with Crippen LogP contribution in [0.5, 0.6) is 0 Å². The Hall–Kier alpha value is -2.44. The average Bonchev–Trinajstić information content (AvgIpc) is 2.83. The molecule has 0 aliphatic rings. The Bertz CT molecular complexity index is 671. The topological polar surface area (TPSA) is 50.2 Å². The molecule has 1 unspecified atom stereocenters. The van der Waals surface area contributed by atoms with Crippen LogP contribution in [-0.2, 0) is 13.6 Å². The van der Waals surface area contributed by atoms with Crippen LogP contribution in [0.2, 0.25) is 0 Å². The first-order valence-electron chi connectivity index (χ1n) is 6.81. The quantitative estimate of drug-likeness (QED) is 0.944. The predicted octanol–water partition coefficient (Wildman–Crippen LogP) is 2.60. The van der Waals surface area contributed by atoms with Crippen LogP contribution < -0.4 is 5.32 Å². The van der Waals surface area contributed by atoms with E-state index in [2.05, 4.69) is 10.4 Å². The largest absolute Gasteiger partial charge is 0.331 e. The molecule has 1 aromatic heterocycles. The van der Waals surface area contributed by atoms with E-state index in [4.69, 9.17) is 0 Å². The molecule has 0 spiro atoms. The summed E-state index contributed by atoms with van der Waals surface area (Å²) in [7, 11) is 3.43. The Balaban J connectivity index is 1.98. The second-order valence-electron chi connectivity index (χ2n) is 5.22. The molecule has 0 aliphatic carbocycles. The number of halogens is 2. The molecule has 7 heteroatoms. The summed E-state index contributed by atoms with van der Waals surface area (Å²) in [6, 6.07) is 2.39. The number of hydrogen-bond donors (Lipinski definition) is 1. The van der Waals surface area contributed by atoms with Crippen molar-refractivity contribution < 1.29 is 13.6 Å². The normalized spacial score (nSPS) is 12.0. The molecular weight excluding hydrogens is 290 g/mol. The lowest BCUT2D eigenvalue weighted by Crippen LogP contribution is -2.38. The maximum Gasteiger partial charge on any atom is 0.317 e. The van der Waals surface area contributed by atoms with Crippen LogP contribution in [0, 0.1) is 11.6 Å². The van der Waals surface area contributed by atoms with Gasteiger partial charge in [-0.25, -0.2) is 13.6 Å². The molecule has 0 aliphatic heterocycles. The Labute approximate surface area is 127 Å². The maximum atomic E-state index is 13.7. The van der Waals surface area contributed by atoms with Gasteiger partial charge < -0.3 is 10.2 Å². The van der Waals surface area contributed by atoms with Crippen molar-refractivity contribution in [3.05, 3.63) is 53.4 Å². The number of nitrogens with one attached hydrogen (secondary N) is 1. The number of aromatic nitrogens is 2. The van der Waals surface area contributed by atoms with E-state index in [1.165, 1.54) is 17.0 Å². The molecule has 0 saturated carbocycles. The summed E-state index contributed by atoms with van der Waals surface area (Å²) in [4.78, 5) is 13.6. The summed E-state index contributed by atoms with van der Waals surface area (Å²) in [5.41, 5.74) is 1.13. The molecule has 1 aromatic carbocycles. The number of nitrogens with zero attached hydrogens (tertiary/aromatic N) is 3. The van der Waals surface area contributed by atoms with Crippen molar-refractivity contribution in [1.29, 1.82) is 0 Å². The summed E-state index contributed by atoms with van der Waals surface area (Å²) < 4.78 is 28.2. The number of hydrogen-bond acceptors (Lipinski definition) is 2. The van der Waals surface area contributed by atoms with E-state index < -0.39 is 17.7 Å². The van der Waals surface area contributed by atoms with Gasteiger partial charge in [-0.05, 0) is 13.0 Å². The average molecular weight is 308 g/mol. The zero-order valence-corrected chi connectivity index (χ0v) is 12.7. The van der Waals surface area contributed by atoms with E-state index in [0.29, 0.717) is 6.54 Å². The molecule has 0 saturated heterocycles. The van der Waals surface area contributed by atoms with Crippen molar-refractivity contribution in [2.75, 3.05) is 7.05 Å². The number of carbonyl (C=O) groups is 1. The molecule has 118 valence electrons. The second-order valence-corrected chi connectivity index (χ2v) is 5.22. The van der Waals surface area contributed by atoms with Crippen LogP contribution in [0.15, 0.2) is 30.6 Å². The van der Waals surface area contributed by atoms with E-state index >= 15 is 0 Å². The van der Waals surface area contributed by atoms with Crippen LogP contribution in [-0.4, -0.2) is 27.8 Å². The second kappa shape index (κ2) is 6.55. The van der Waals surface area contributed by atoms with Gasteiger partial charge in [0.1, 0.15) is 11.6 Å². The fraction of sp³-hybridized carbons (Fsp3) is 0.333. The van der Waals surface area contributed by atoms with Crippen molar-refractivity contribution in [2.24, 2.45) is 7.05 Å². The van der Waals surface area contributed by atoms with E-state index in [9.17, 15) is 13.6 Å². The highest BCUT2D eigenvalue weighted by molar-refractivity contribution is 5.74. The molecule has 1 N–H and O–H groups in total. The highest BCUT2D eigenvalue weighted by Crippen LogP contribution is 2.18. The standard InChI is InChI=1S/C15H18F2N4O/c1-10(13-5-4-12(16)6-14(13)17)19-15(22)20(2)8-11-7-18-21(3)9-11/h4-7,9-10H,8H2,1-3H3,(H,19,22). The molecule has 5 nitrogen and oxygen atoms in total. The number of carbonyl (C=O) groups excluding carboxylic acids is 1. The highest BCUT2D eigenvalue weighted by atomic mass is 19.1. The molecule has 0 radical (unpaired) electrons. The lowest BCUT2D eigenvalue weighted by molar-refractivity contribution is 0.203. The molecule has 2 rings (SSSR count). The Morgan fingerprint density at radius 2 is 2.18 bits per heavy atom. The maximum absolute atomic E-state index is 13.7. The Kier molecular flexibility index (Phi) is 4.75. The van der Waals surface area contributed by atoms with Gasteiger partial charge in [-0.15, -0.1) is 0 Å². The monoisotopic (exact) mass is 308 g/mol. The van der Waals surface area contributed by atoms with E-state index in [1.807, 2.05) is 6.20 Å². The van der Waals surface area contributed by atoms with Crippen molar-refractivity contribution in [3.8, 4) is 0 Å². The van der Waals surface area contributed by atoms with Gasteiger partial charge in [0.25, 0.3) is 0 Å². The Morgan fingerprint density at radius 3 is 2.77 bits per heavy atom. The third-order valence-electron chi connectivity index (χ3n) is 3.29. The molecule has 1 atom stereocenters. The van der Waals surface area contributed by atoms with Crippen LogP contribution in [0.1, 0.15) is 24.1 Å². The molecule has 1 heterocycles. The third-order valence-corrected chi connectivity index (χ3v) is 3.29. The molecule has 2 aromatic rings. The zero-order valence-electron chi connectivity index (χ0n) is 12.7. The number of aryl methyl sites for hydroxylation is 1. The lowest BCUT2D eigenvalue weighted by Gasteiger charge is -2.21. The SMILES string of the molecule is CC(NC(=O)N(C)Cc1cnn(C)c1)c1ccc(F)cc1F. The summed E-state index contributed by atoms with van der Waals surface area (Å²) in [5, 5.41) is 6.71. The van der Waals surface area contributed by atoms with Gasteiger partial charge in [0.2, 0.25) is 0 Å². The highest BCUT2D eigenvalue weighted by Gasteiger charge is 2.17. The number of rotatable bonds is 4. The van der Waals surface area contributed by atoms with Gasteiger partial charge in [0, 0.05) is 37.5 Å². The molecular formula is C15H18F2N4O. The molecule has 0 bridgehead atoms. The molecule has 22 heavy (non-hydrogen) atoms. The van der Waals surface area contributed by atoms with Crippen LogP contribution >= 0.6 is 0 Å². The van der Waals surface area contributed by atoms with Crippen molar-refractivity contribution >= 4 is 6.03 Å². The minimum absolute atomic E-state index is 0.240.